The molecule has 0 spiro atoms. The largest absolute Gasteiger partial charge is 0.213 e. The van der Waals surface area contributed by atoms with Crippen LogP contribution in [0.4, 0.5) is 0 Å². The summed E-state index contributed by atoms with van der Waals surface area (Å²) in [6.45, 7) is -1.11. The first-order valence-corrected chi connectivity index (χ1v) is 9.69. The van der Waals surface area contributed by atoms with Crippen LogP contribution >= 0.6 is 0 Å². The van der Waals surface area contributed by atoms with E-state index >= 15 is 0 Å². The van der Waals surface area contributed by atoms with Crippen LogP contribution in [0.25, 0.3) is 33.5 Å². The summed E-state index contributed by atoms with van der Waals surface area (Å²) in [4.78, 5) is 0. The number of hydrogen-bond acceptors (Lipinski definition) is 0. The highest BCUT2D eigenvalue weighted by atomic mass is 14.9. The lowest BCUT2D eigenvalue weighted by molar-refractivity contribution is -0.660. The van der Waals surface area contributed by atoms with Gasteiger partial charge in [-0.3, -0.25) is 0 Å². The zero-order valence-electron chi connectivity index (χ0n) is 23.0. The molecule has 0 N–H and O–H groups in total. The topological polar surface area (TPSA) is 3.88 Å². The molecule has 0 saturated heterocycles. The van der Waals surface area contributed by atoms with Crippen LogP contribution in [0.3, 0.4) is 0 Å². The fourth-order valence-electron chi connectivity index (χ4n) is 3.84. The number of benzene rings is 3. The highest BCUT2D eigenvalue weighted by Gasteiger charge is 2.19. The van der Waals surface area contributed by atoms with Crippen LogP contribution in [0.1, 0.15) is 30.5 Å². The average Bonchev–Trinajstić information content (AvgIpc) is 2.78. The van der Waals surface area contributed by atoms with Crippen LogP contribution in [0.15, 0.2) is 79.0 Å². The standard InChI is InChI=1S/C28H28N/c1-19-12-14-23(15-13-19)24-17-21(3)27(22(4)18-24)25-10-8-9-20(2)28(25)26-11-6-7-16-29(26)5/h6-18H,1-5H3/q+1/i3D3,4D3. The maximum absolute atomic E-state index is 8.37. The third-order valence-electron chi connectivity index (χ3n) is 5.38. The van der Waals surface area contributed by atoms with Gasteiger partial charge in [-0.1, -0.05) is 60.2 Å². The molecule has 0 saturated carbocycles. The minimum Gasteiger partial charge on any atom is -0.201 e. The van der Waals surface area contributed by atoms with E-state index in [0.717, 1.165) is 27.9 Å². The van der Waals surface area contributed by atoms with Gasteiger partial charge in [0, 0.05) is 20.4 Å². The Balaban J connectivity index is 2.14. The van der Waals surface area contributed by atoms with Crippen LogP contribution < -0.4 is 4.57 Å². The summed E-state index contributed by atoms with van der Waals surface area (Å²) in [5.41, 5.74) is 5.95. The summed E-state index contributed by atoms with van der Waals surface area (Å²) in [5.74, 6) is 0. The van der Waals surface area contributed by atoms with E-state index in [-0.39, 0.29) is 16.7 Å². The van der Waals surface area contributed by atoms with Gasteiger partial charge in [-0.2, -0.15) is 0 Å². The van der Waals surface area contributed by atoms with E-state index in [1.165, 1.54) is 0 Å². The van der Waals surface area contributed by atoms with Crippen LogP contribution in [-0.4, -0.2) is 0 Å². The molecular formula is C28H28N+. The second kappa shape index (κ2) is 7.67. The van der Waals surface area contributed by atoms with Crippen molar-refractivity contribution in [2.75, 3.05) is 0 Å². The molecule has 0 bridgehead atoms. The Labute approximate surface area is 182 Å². The van der Waals surface area contributed by atoms with Gasteiger partial charge in [0.05, 0.1) is 5.56 Å². The van der Waals surface area contributed by atoms with Gasteiger partial charge in [-0.15, -0.1) is 0 Å². The van der Waals surface area contributed by atoms with Crippen molar-refractivity contribution in [2.24, 2.45) is 7.05 Å². The lowest BCUT2D eigenvalue weighted by atomic mass is 9.86. The maximum atomic E-state index is 8.37. The van der Waals surface area contributed by atoms with Crippen molar-refractivity contribution in [3.05, 3.63) is 101 Å². The van der Waals surface area contributed by atoms with Crippen molar-refractivity contribution in [3.8, 4) is 33.5 Å². The number of pyridine rings is 1. The Bertz CT molecular complexity index is 1350. The summed E-state index contributed by atoms with van der Waals surface area (Å²) >= 11 is 0. The smallest absolute Gasteiger partial charge is 0.201 e. The quantitative estimate of drug-likeness (QED) is 0.344. The fourth-order valence-corrected chi connectivity index (χ4v) is 3.84. The van der Waals surface area contributed by atoms with Gasteiger partial charge >= 0.3 is 0 Å². The summed E-state index contributed by atoms with van der Waals surface area (Å²) in [6.07, 6.45) is 1.92. The number of nitrogens with zero attached hydrogens (tertiary/aromatic N) is 1. The van der Waals surface area contributed by atoms with Crippen LogP contribution in [0.5, 0.6) is 0 Å². The van der Waals surface area contributed by atoms with Crippen molar-refractivity contribution in [3.63, 3.8) is 0 Å². The Kier molecular flexibility index (Phi) is 3.47. The van der Waals surface area contributed by atoms with Crippen molar-refractivity contribution in [1.29, 1.82) is 0 Å². The molecule has 1 heterocycles. The third-order valence-corrected chi connectivity index (χ3v) is 5.38. The molecule has 1 nitrogen and oxygen atoms in total. The van der Waals surface area contributed by atoms with Gasteiger partial charge in [-0.05, 0) is 72.6 Å². The molecule has 0 unspecified atom stereocenters. The second-order valence-corrected chi connectivity index (χ2v) is 7.51. The Morgan fingerprint density at radius 2 is 1.41 bits per heavy atom. The van der Waals surface area contributed by atoms with Crippen molar-refractivity contribution < 1.29 is 12.8 Å². The van der Waals surface area contributed by atoms with Crippen molar-refractivity contribution in [1.82, 2.24) is 0 Å². The average molecular weight is 385 g/mol. The molecular weight excluding hydrogens is 350 g/mol. The Hall–Kier alpha value is -3.19. The summed E-state index contributed by atoms with van der Waals surface area (Å²) in [7, 11) is 1.92. The van der Waals surface area contributed by atoms with Gasteiger partial charge in [0.25, 0.3) is 0 Å². The number of aryl methyl sites for hydroxylation is 5. The predicted octanol–water partition coefficient (Wildman–Crippen LogP) is 6.75. The lowest BCUT2D eigenvalue weighted by Crippen LogP contribution is -2.30. The molecule has 4 aromatic rings. The van der Waals surface area contributed by atoms with Crippen LogP contribution in [-0.2, 0) is 7.05 Å². The van der Waals surface area contributed by atoms with E-state index in [1.807, 2.05) is 92.3 Å². The fraction of sp³-hybridized carbons (Fsp3) is 0.179. The minimum absolute atomic E-state index is 0.0344. The summed E-state index contributed by atoms with van der Waals surface area (Å²) < 4.78 is 52.2. The SMILES string of the molecule is [2H]C([2H])([2H])c1cc(-c2ccc(C)cc2)cc(C([2H])([2H])[2H])c1-c1cccc(C)c1-c1cccc[n+]1C. The second-order valence-electron chi connectivity index (χ2n) is 7.51. The first-order chi connectivity index (χ1) is 16.4. The van der Waals surface area contributed by atoms with Gasteiger partial charge < -0.3 is 0 Å². The monoisotopic (exact) mass is 384 g/mol. The minimum atomic E-state index is -2.52. The van der Waals surface area contributed by atoms with Crippen LogP contribution in [0.2, 0.25) is 0 Å². The molecule has 1 heteroatoms. The third kappa shape index (κ3) is 3.61. The Morgan fingerprint density at radius 1 is 0.690 bits per heavy atom. The molecule has 0 fully saturated rings. The van der Waals surface area contributed by atoms with Gasteiger partial charge in [0.1, 0.15) is 7.05 Å². The number of aromatic nitrogens is 1. The van der Waals surface area contributed by atoms with E-state index in [4.69, 9.17) is 8.22 Å². The van der Waals surface area contributed by atoms with Gasteiger partial charge in [-0.25, -0.2) is 4.57 Å². The lowest BCUT2D eigenvalue weighted by Gasteiger charge is -2.17. The molecule has 4 rings (SSSR count). The molecule has 29 heavy (non-hydrogen) atoms. The highest BCUT2D eigenvalue weighted by Crippen LogP contribution is 2.38. The molecule has 0 atom stereocenters. The first-order valence-electron chi connectivity index (χ1n) is 12.7. The molecule has 1 aromatic heterocycles. The van der Waals surface area contributed by atoms with E-state index in [9.17, 15) is 0 Å². The van der Waals surface area contributed by atoms with E-state index in [2.05, 4.69) is 0 Å². The molecule has 0 aliphatic heterocycles. The zero-order valence-corrected chi connectivity index (χ0v) is 17.0. The van der Waals surface area contributed by atoms with E-state index in [0.29, 0.717) is 11.1 Å². The normalized spacial score (nSPS) is 14.9. The van der Waals surface area contributed by atoms with Crippen molar-refractivity contribution in [2.45, 2.75) is 27.6 Å². The first kappa shape index (κ1) is 13.1. The maximum Gasteiger partial charge on any atom is 0.213 e. The predicted molar refractivity (Wildman–Crippen MR) is 123 cm³/mol. The van der Waals surface area contributed by atoms with Crippen molar-refractivity contribution >= 4 is 0 Å². The van der Waals surface area contributed by atoms with E-state index in [1.54, 1.807) is 12.1 Å². The van der Waals surface area contributed by atoms with Gasteiger partial charge in [0.15, 0.2) is 6.20 Å². The van der Waals surface area contributed by atoms with Crippen LogP contribution in [0, 0.1) is 27.6 Å². The molecule has 0 radical (unpaired) electrons. The number of rotatable bonds is 3. The molecule has 3 aromatic carbocycles. The number of hydrogen-bond donors (Lipinski definition) is 0. The Morgan fingerprint density at radius 3 is 2.07 bits per heavy atom. The highest BCUT2D eigenvalue weighted by molar-refractivity contribution is 5.87. The molecule has 0 amide bonds. The molecule has 144 valence electrons. The van der Waals surface area contributed by atoms with E-state index < -0.39 is 13.7 Å². The molecule has 0 aliphatic rings. The zero-order chi connectivity index (χ0) is 25.5. The summed E-state index contributed by atoms with van der Waals surface area (Å²) in [6, 6.07) is 22.3. The summed E-state index contributed by atoms with van der Waals surface area (Å²) in [5, 5.41) is 0. The van der Waals surface area contributed by atoms with Gasteiger partial charge in [0.2, 0.25) is 5.69 Å². The molecule has 0 aliphatic carbocycles.